The normalized spacial score (nSPS) is 9.22. The van der Waals surface area contributed by atoms with Crippen molar-refractivity contribution in [1.29, 1.82) is 0 Å². The third-order valence-corrected chi connectivity index (χ3v) is 2.76. The van der Waals surface area contributed by atoms with E-state index in [0.717, 1.165) is 10.0 Å². The van der Waals surface area contributed by atoms with Crippen LogP contribution in [0, 0.1) is 6.92 Å². The first kappa shape index (κ1) is 14.3. The fourth-order valence-corrected chi connectivity index (χ4v) is 1.69. The zero-order chi connectivity index (χ0) is 13.5. The van der Waals surface area contributed by atoms with Gasteiger partial charge >= 0.3 is 5.97 Å². The molecule has 94 valence electrons. The first-order valence-electron chi connectivity index (χ1n) is 5.24. The number of aryl methyl sites for hydroxylation is 1. The Morgan fingerprint density at radius 1 is 1.11 bits per heavy atom. The van der Waals surface area contributed by atoms with Gasteiger partial charge in [0, 0.05) is 0 Å². The third-order valence-electron chi connectivity index (χ3n) is 2.12. The molecule has 0 saturated heterocycles. The summed E-state index contributed by atoms with van der Waals surface area (Å²) in [5.41, 5.74) is 1.47. The summed E-state index contributed by atoms with van der Waals surface area (Å²) in [6.07, 6.45) is 0. The summed E-state index contributed by atoms with van der Waals surface area (Å²) in [5.74, 6) is -0.587. The SMILES string of the molecule is Cc1ccc(O)c(Br)c1.O=C(O)c1ccccc1. The van der Waals surface area contributed by atoms with E-state index in [2.05, 4.69) is 15.9 Å². The predicted octanol–water partition coefficient (Wildman–Crippen LogP) is 3.85. The molecule has 0 unspecified atom stereocenters. The summed E-state index contributed by atoms with van der Waals surface area (Å²) in [5, 5.41) is 17.4. The molecular formula is C14H13BrO3. The number of carboxylic acid groups (broad SMARTS) is 1. The molecule has 2 N–H and O–H groups in total. The maximum absolute atomic E-state index is 10.2. The average Bonchev–Trinajstić information content (AvgIpc) is 2.36. The molecule has 2 aromatic carbocycles. The molecule has 0 aliphatic rings. The zero-order valence-corrected chi connectivity index (χ0v) is 11.4. The van der Waals surface area contributed by atoms with Gasteiger partial charge in [0.25, 0.3) is 0 Å². The Morgan fingerprint density at radius 2 is 1.72 bits per heavy atom. The molecule has 0 aromatic heterocycles. The first-order valence-corrected chi connectivity index (χ1v) is 6.03. The van der Waals surface area contributed by atoms with Crippen LogP contribution in [0.2, 0.25) is 0 Å². The van der Waals surface area contributed by atoms with E-state index in [-0.39, 0.29) is 0 Å². The second kappa shape index (κ2) is 6.81. The van der Waals surface area contributed by atoms with Crippen LogP contribution in [0.25, 0.3) is 0 Å². The Morgan fingerprint density at radius 3 is 2.11 bits per heavy atom. The molecule has 4 heteroatoms. The Labute approximate surface area is 114 Å². The molecule has 2 aromatic rings. The number of hydrogen-bond donors (Lipinski definition) is 2. The fraction of sp³-hybridized carbons (Fsp3) is 0.0714. The van der Waals surface area contributed by atoms with Crippen LogP contribution in [0.3, 0.4) is 0 Å². The van der Waals surface area contributed by atoms with Gasteiger partial charge in [-0.2, -0.15) is 0 Å². The van der Waals surface area contributed by atoms with Crippen molar-refractivity contribution in [3.63, 3.8) is 0 Å². The van der Waals surface area contributed by atoms with Crippen LogP contribution in [0.1, 0.15) is 15.9 Å². The standard InChI is InChI=1S/C7H7BrO.C7H6O2/c1-5-2-3-7(9)6(8)4-5;8-7(9)6-4-2-1-3-5-6/h2-4,9H,1H3;1-5H,(H,8,9). The topological polar surface area (TPSA) is 57.5 Å². The molecule has 0 radical (unpaired) electrons. The van der Waals surface area contributed by atoms with E-state index in [1.807, 2.05) is 19.1 Å². The summed E-state index contributed by atoms with van der Waals surface area (Å²) in [6.45, 7) is 1.98. The largest absolute Gasteiger partial charge is 0.507 e. The zero-order valence-electron chi connectivity index (χ0n) is 9.80. The van der Waals surface area contributed by atoms with Crippen molar-refractivity contribution in [2.24, 2.45) is 0 Å². The van der Waals surface area contributed by atoms with Crippen LogP contribution >= 0.6 is 15.9 Å². The van der Waals surface area contributed by atoms with Crippen LogP contribution in [-0.2, 0) is 0 Å². The van der Waals surface area contributed by atoms with Crippen LogP contribution in [0.4, 0.5) is 0 Å². The quantitative estimate of drug-likeness (QED) is 0.841. The third kappa shape index (κ3) is 4.59. The van der Waals surface area contributed by atoms with Crippen LogP contribution in [0.5, 0.6) is 5.75 Å². The van der Waals surface area contributed by atoms with Gasteiger partial charge in [-0.3, -0.25) is 0 Å². The number of phenols is 1. The van der Waals surface area contributed by atoms with E-state index in [1.54, 1.807) is 36.4 Å². The van der Waals surface area contributed by atoms with Crippen LogP contribution < -0.4 is 0 Å². The molecule has 0 heterocycles. The van der Waals surface area contributed by atoms with Gasteiger partial charge in [0.15, 0.2) is 0 Å². The maximum Gasteiger partial charge on any atom is 0.335 e. The lowest BCUT2D eigenvalue weighted by atomic mass is 10.2. The van der Waals surface area contributed by atoms with Gasteiger partial charge in [-0.15, -0.1) is 0 Å². The van der Waals surface area contributed by atoms with Crippen molar-refractivity contribution in [2.45, 2.75) is 6.92 Å². The molecular weight excluding hydrogens is 296 g/mol. The molecule has 0 aliphatic heterocycles. The van der Waals surface area contributed by atoms with Crippen molar-refractivity contribution in [2.75, 3.05) is 0 Å². The number of rotatable bonds is 1. The number of hydrogen-bond acceptors (Lipinski definition) is 2. The van der Waals surface area contributed by atoms with Crippen LogP contribution in [0.15, 0.2) is 53.0 Å². The molecule has 0 bridgehead atoms. The number of carboxylic acids is 1. The van der Waals surface area contributed by atoms with E-state index in [4.69, 9.17) is 10.2 Å². The summed E-state index contributed by atoms with van der Waals surface area (Å²) < 4.78 is 0.752. The summed E-state index contributed by atoms with van der Waals surface area (Å²) in [7, 11) is 0. The lowest BCUT2D eigenvalue weighted by Crippen LogP contribution is -1.93. The van der Waals surface area contributed by atoms with Crippen LogP contribution in [-0.4, -0.2) is 16.2 Å². The highest BCUT2D eigenvalue weighted by Crippen LogP contribution is 2.23. The smallest absolute Gasteiger partial charge is 0.335 e. The summed E-state index contributed by atoms with van der Waals surface area (Å²) >= 11 is 3.20. The highest BCUT2D eigenvalue weighted by Gasteiger charge is 1.96. The number of carbonyl (C=O) groups is 1. The first-order chi connectivity index (χ1) is 8.50. The molecule has 2 rings (SSSR count). The molecule has 3 nitrogen and oxygen atoms in total. The number of aromatic carboxylic acids is 1. The lowest BCUT2D eigenvalue weighted by Gasteiger charge is -1.95. The minimum atomic E-state index is -0.879. The summed E-state index contributed by atoms with van der Waals surface area (Å²) in [6, 6.07) is 13.7. The minimum Gasteiger partial charge on any atom is -0.507 e. The van der Waals surface area contributed by atoms with Gasteiger partial charge in [-0.1, -0.05) is 24.3 Å². The fourth-order valence-electron chi connectivity index (χ4n) is 1.19. The van der Waals surface area contributed by atoms with Gasteiger partial charge in [0.1, 0.15) is 5.75 Å². The summed E-state index contributed by atoms with van der Waals surface area (Å²) in [4.78, 5) is 10.2. The highest BCUT2D eigenvalue weighted by atomic mass is 79.9. The van der Waals surface area contributed by atoms with Gasteiger partial charge in [0.2, 0.25) is 0 Å². The Kier molecular flexibility index (Phi) is 5.39. The molecule has 0 aliphatic carbocycles. The Hall–Kier alpha value is -1.81. The van der Waals surface area contributed by atoms with Crippen molar-refractivity contribution in [3.05, 3.63) is 64.1 Å². The Balaban J connectivity index is 0.000000180. The molecule has 18 heavy (non-hydrogen) atoms. The maximum atomic E-state index is 10.2. The number of aromatic hydroxyl groups is 1. The predicted molar refractivity (Wildman–Crippen MR) is 73.9 cm³/mol. The number of halogens is 1. The van der Waals surface area contributed by atoms with Gasteiger partial charge < -0.3 is 10.2 Å². The molecule has 0 fully saturated rings. The second-order valence-electron chi connectivity index (χ2n) is 3.63. The van der Waals surface area contributed by atoms with E-state index in [1.165, 1.54) is 0 Å². The molecule has 0 spiro atoms. The van der Waals surface area contributed by atoms with E-state index < -0.39 is 5.97 Å². The Bertz CT molecular complexity index is 524. The molecule has 0 amide bonds. The molecule has 0 atom stereocenters. The van der Waals surface area contributed by atoms with E-state index in [9.17, 15) is 4.79 Å². The van der Waals surface area contributed by atoms with Crippen molar-refractivity contribution < 1.29 is 15.0 Å². The monoisotopic (exact) mass is 308 g/mol. The van der Waals surface area contributed by atoms with Crippen molar-refractivity contribution >= 4 is 21.9 Å². The van der Waals surface area contributed by atoms with Crippen molar-refractivity contribution in [1.82, 2.24) is 0 Å². The van der Waals surface area contributed by atoms with E-state index in [0.29, 0.717) is 11.3 Å². The lowest BCUT2D eigenvalue weighted by molar-refractivity contribution is 0.0697. The van der Waals surface area contributed by atoms with Gasteiger partial charge in [-0.05, 0) is 52.7 Å². The highest BCUT2D eigenvalue weighted by molar-refractivity contribution is 9.10. The van der Waals surface area contributed by atoms with E-state index >= 15 is 0 Å². The minimum absolute atomic E-state index is 0.292. The van der Waals surface area contributed by atoms with Crippen molar-refractivity contribution in [3.8, 4) is 5.75 Å². The molecule has 0 saturated carbocycles. The van der Waals surface area contributed by atoms with Gasteiger partial charge in [0.05, 0.1) is 10.0 Å². The van der Waals surface area contributed by atoms with Gasteiger partial charge in [-0.25, -0.2) is 4.79 Å². The average molecular weight is 309 g/mol. The second-order valence-corrected chi connectivity index (χ2v) is 4.48. The number of benzene rings is 2. The number of phenolic OH excluding ortho intramolecular Hbond substituents is 1.